The molecule has 12 nitrogen and oxygen atoms in total. The third-order valence-electron chi connectivity index (χ3n) is 7.49. The van der Waals surface area contributed by atoms with E-state index in [1.165, 1.54) is 12.0 Å². The second-order valence-corrected chi connectivity index (χ2v) is 11.4. The predicted octanol–water partition coefficient (Wildman–Crippen LogP) is 3.91. The Balaban J connectivity index is 1.22. The molecule has 1 saturated heterocycles. The van der Waals surface area contributed by atoms with Crippen molar-refractivity contribution in [2.45, 2.75) is 24.8 Å². The number of imide groups is 1. The van der Waals surface area contributed by atoms with E-state index in [-0.39, 0.29) is 25.5 Å². The molecular weight excluding hydrogens is 683 g/mol. The van der Waals surface area contributed by atoms with Crippen molar-refractivity contribution in [1.82, 2.24) is 15.5 Å². The van der Waals surface area contributed by atoms with Gasteiger partial charge in [-0.1, -0.05) is 48.5 Å². The van der Waals surface area contributed by atoms with E-state index in [0.29, 0.717) is 11.4 Å². The summed E-state index contributed by atoms with van der Waals surface area (Å²) in [6.45, 7) is -0.443. The zero-order valence-electron chi connectivity index (χ0n) is 23.6. The zero-order valence-corrected chi connectivity index (χ0v) is 25.8. The van der Waals surface area contributed by atoms with E-state index in [0.717, 1.165) is 30.7 Å². The SMILES string of the molecule is COc1ccc(I)cc1N1CCC(=O)N(CNC(=O)C(CC(=O)O)NC(=O)OCC2c3ccccc3-c3ccccc32)C1=O. The third kappa shape index (κ3) is 6.46. The number of carboxylic acid groups (broad SMARTS) is 1. The zero-order chi connectivity index (χ0) is 31.4. The van der Waals surface area contributed by atoms with Crippen molar-refractivity contribution in [3.8, 4) is 16.9 Å². The Morgan fingerprint density at radius 1 is 1.02 bits per heavy atom. The van der Waals surface area contributed by atoms with E-state index in [4.69, 9.17) is 9.47 Å². The Kier molecular flexibility index (Phi) is 9.32. The van der Waals surface area contributed by atoms with Gasteiger partial charge in [0.15, 0.2) is 0 Å². The summed E-state index contributed by atoms with van der Waals surface area (Å²) < 4.78 is 11.7. The van der Waals surface area contributed by atoms with E-state index in [1.54, 1.807) is 12.1 Å². The number of alkyl carbamates (subject to hydrolysis) is 1. The molecule has 2 aliphatic rings. The summed E-state index contributed by atoms with van der Waals surface area (Å²) in [4.78, 5) is 65.5. The van der Waals surface area contributed by atoms with E-state index in [1.807, 2.05) is 54.6 Å². The lowest BCUT2D eigenvalue weighted by Crippen LogP contribution is -2.57. The summed E-state index contributed by atoms with van der Waals surface area (Å²) in [5.41, 5.74) is 4.54. The maximum atomic E-state index is 13.3. The number of methoxy groups -OCH3 is 1. The van der Waals surface area contributed by atoms with Crippen molar-refractivity contribution >= 4 is 58.2 Å². The molecule has 1 aliphatic carbocycles. The first-order valence-corrected chi connectivity index (χ1v) is 14.8. The molecule has 3 N–H and O–H groups in total. The Morgan fingerprint density at radius 3 is 2.32 bits per heavy atom. The fraction of sp³-hybridized carbons (Fsp3) is 0.258. The van der Waals surface area contributed by atoms with Crippen LogP contribution in [0.4, 0.5) is 15.3 Å². The predicted molar refractivity (Wildman–Crippen MR) is 167 cm³/mol. The molecule has 5 amide bonds. The Morgan fingerprint density at radius 2 is 1.68 bits per heavy atom. The number of anilines is 1. The molecule has 228 valence electrons. The lowest BCUT2D eigenvalue weighted by atomic mass is 9.98. The quantitative estimate of drug-likeness (QED) is 0.268. The standard InChI is InChI=1S/C31H29IN4O8/c1-43-26-11-10-18(32)14-25(26)35-13-12-27(37)36(31(35)42)17-33-29(40)24(15-28(38)39)34-30(41)44-16-23-21-8-4-2-6-19(21)20-7-3-5-9-22(20)23/h2-11,14,23-24H,12-13,15-17H2,1H3,(H,33,40)(H,34,41)(H,38,39). The highest BCUT2D eigenvalue weighted by Crippen LogP contribution is 2.44. The molecule has 1 atom stereocenters. The molecule has 0 bridgehead atoms. The van der Waals surface area contributed by atoms with Gasteiger partial charge >= 0.3 is 18.1 Å². The first-order valence-electron chi connectivity index (χ1n) is 13.7. The maximum Gasteiger partial charge on any atom is 0.407 e. The van der Waals surface area contributed by atoms with Crippen LogP contribution in [0.2, 0.25) is 0 Å². The molecular formula is C31H29IN4O8. The number of fused-ring (bicyclic) bond motifs is 3. The van der Waals surface area contributed by atoms with Crippen LogP contribution in [0.15, 0.2) is 66.7 Å². The summed E-state index contributed by atoms with van der Waals surface area (Å²) in [7, 11) is 1.47. The van der Waals surface area contributed by atoms with Crippen LogP contribution in [0.5, 0.6) is 5.75 Å². The smallest absolute Gasteiger partial charge is 0.407 e. The van der Waals surface area contributed by atoms with E-state index in [2.05, 4.69) is 33.2 Å². The van der Waals surface area contributed by atoms with Gasteiger partial charge in [0.1, 0.15) is 25.1 Å². The molecule has 44 heavy (non-hydrogen) atoms. The van der Waals surface area contributed by atoms with Gasteiger partial charge in [0.05, 0.1) is 19.2 Å². The summed E-state index contributed by atoms with van der Waals surface area (Å²) in [6, 6.07) is 18.6. The highest BCUT2D eigenvalue weighted by molar-refractivity contribution is 14.1. The molecule has 5 rings (SSSR count). The van der Waals surface area contributed by atoms with Gasteiger partial charge in [-0.3, -0.25) is 19.3 Å². The lowest BCUT2D eigenvalue weighted by molar-refractivity contribution is -0.140. The largest absolute Gasteiger partial charge is 0.495 e. The number of aliphatic carboxylic acids is 1. The molecule has 1 unspecified atom stereocenters. The molecule has 0 aromatic heterocycles. The highest BCUT2D eigenvalue weighted by Gasteiger charge is 2.35. The molecule has 0 spiro atoms. The normalized spacial score (nSPS) is 14.9. The molecule has 0 radical (unpaired) electrons. The summed E-state index contributed by atoms with van der Waals surface area (Å²) in [5.74, 6) is -2.55. The number of hydrogen-bond donors (Lipinski definition) is 3. The molecule has 13 heteroatoms. The molecule has 3 aromatic carbocycles. The minimum absolute atomic E-state index is 0.00715. The number of ether oxygens (including phenoxy) is 2. The average Bonchev–Trinajstić information content (AvgIpc) is 3.33. The van der Waals surface area contributed by atoms with Gasteiger partial charge in [0.25, 0.3) is 0 Å². The summed E-state index contributed by atoms with van der Waals surface area (Å²) in [6.07, 6.45) is -1.73. The number of rotatable bonds is 10. The molecule has 1 heterocycles. The van der Waals surface area contributed by atoms with E-state index in [9.17, 15) is 29.1 Å². The maximum absolute atomic E-state index is 13.3. The van der Waals surface area contributed by atoms with Crippen molar-refractivity contribution in [2.75, 3.05) is 31.8 Å². The minimum Gasteiger partial charge on any atom is -0.495 e. The Hall–Kier alpha value is -4.66. The number of urea groups is 1. The number of carbonyl (C=O) groups is 5. The third-order valence-corrected chi connectivity index (χ3v) is 8.16. The number of nitrogens with zero attached hydrogens (tertiary/aromatic N) is 2. The van der Waals surface area contributed by atoms with Crippen LogP contribution in [0.25, 0.3) is 11.1 Å². The average molecular weight is 712 g/mol. The van der Waals surface area contributed by atoms with Gasteiger partial charge in [0.2, 0.25) is 11.8 Å². The number of carbonyl (C=O) groups excluding carboxylic acids is 4. The molecule has 1 aliphatic heterocycles. The van der Waals surface area contributed by atoms with Crippen LogP contribution in [-0.4, -0.2) is 72.9 Å². The van der Waals surface area contributed by atoms with Crippen LogP contribution in [0, 0.1) is 3.57 Å². The topological polar surface area (TPSA) is 155 Å². The fourth-order valence-corrected chi connectivity index (χ4v) is 5.86. The van der Waals surface area contributed by atoms with Crippen LogP contribution in [-0.2, 0) is 19.1 Å². The Labute approximate surface area is 266 Å². The molecule has 1 fully saturated rings. The summed E-state index contributed by atoms with van der Waals surface area (Å²) in [5, 5.41) is 14.1. The lowest BCUT2D eigenvalue weighted by Gasteiger charge is -2.35. The Bertz CT molecular complexity index is 1580. The van der Waals surface area contributed by atoms with Gasteiger partial charge in [0, 0.05) is 22.5 Å². The fourth-order valence-electron chi connectivity index (χ4n) is 5.39. The van der Waals surface area contributed by atoms with Gasteiger partial charge < -0.3 is 25.2 Å². The highest BCUT2D eigenvalue weighted by atomic mass is 127. The first kappa shape index (κ1) is 30.8. The van der Waals surface area contributed by atoms with Gasteiger partial charge in [-0.15, -0.1) is 0 Å². The van der Waals surface area contributed by atoms with Gasteiger partial charge in [-0.05, 0) is 63.0 Å². The second kappa shape index (κ2) is 13.3. The summed E-state index contributed by atoms with van der Waals surface area (Å²) >= 11 is 2.10. The van der Waals surface area contributed by atoms with Crippen molar-refractivity contribution in [3.63, 3.8) is 0 Å². The van der Waals surface area contributed by atoms with Crippen molar-refractivity contribution in [2.24, 2.45) is 0 Å². The number of benzene rings is 3. The van der Waals surface area contributed by atoms with E-state index < -0.39 is 49.0 Å². The number of nitrogens with one attached hydrogen (secondary N) is 2. The number of halogens is 1. The molecule has 0 saturated carbocycles. The second-order valence-electron chi connectivity index (χ2n) is 10.1. The van der Waals surface area contributed by atoms with E-state index >= 15 is 0 Å². The van der Waals surface area contributed by atoms with Crippen molar-refractivity contribution < 1.29 is 38.6 Å². The van der Waals surface area contributed by atoms with Crippen LogP contribution < -0.4 is 20.3 Å². The van der Waals surface area contributed by atoms with Crippen molar-refractivity contribution in [3.05, 3.63) is 81.4 Å². The minimum atomic E-state index is -1.52. The number of amides is 5. The van der Waals surface area contributed by atoms with Gasteiger partial charge in [-0.2, -0.15) is 0 Å². The number of carboxylic acids is 1. The first-order chi connectivity index (χ1) is 21.2. The number of hydrogen-bond acceptors (Lipinski definition) is 7. The molecule has 3 aromatic rings. The van der Waals surface area contributed by atoms with Crippen LogP contribution in [0.1, 0.15) is 29.9 Å². The van der Waals surface area contributed by atoms with Crippen LogP contribution in [0.3, 0.4) is 0 Å². The van der Waals surface area contributed by atoms with Crippen LogP contribution >= 0.6 is 22.6 Å². The van der Waals surface area contributed by atoms with Crippen molar-refractivity contribution in [1.29, 1.82) is 0 Å². The van der Waals surface area contributed by atoms with Gasteiger partial charge in [-0.25, -0.2) is 14.5 Å². The monoisotopic (exact) mass is 712 g/mol.